The van der Waals surface area contributed by atoms with Crippen LogP contribution >= 0.6 is 11.3 Å². The number of hydrogen-bond donors (Lipinski definition) is 3. The molecule has 0 aliphatic carbocycles. The predicted molar refractivity (Wildman–Crippen MR) is 129 cm³/mol. The smallest absolute Gasteiger partial charge is 0.256 e. The Hall–Kier alpha value is -3.21. The van der Waals surface area contributed by atoms with Crippen molar-refractivity contribution in [2.24, 2.45) is 5.73 Å². The van der Waals surface area contributed by atoms with Crippen molar-refractivity contribution >= 4 is 38.2 Å². The van der Waals surface area contributed by atoms with Crippen LogP contribution in [0, 0.1) is 6.92 Å². The third-order valence-electron chi connectivity index (χ3n) is 4.73. The van der Waals surface area contributed by atoms with E-state index in [1.807, 2.05) is 37.3 Å². The van der Waals surface area contributed by atoms with Crippen LogP contribution in [-0.4, -0.2) is 33.4 Å². The number of primary amides is 1. The summed E-state index contributed by atoms with van der Waals surface area (Å²) in [4.78, 5) is 26.0. The van der Waals surface area contributed by atoms with Crippen LogP contribution in [0.25, 0.3) is 11.1 Å². The maximum Gasteiger partial charge on any atom is 0.256 e. The number of amides is 2. The van der Waals surface area contributed by atoms with Crippen molar-refractivity contribution in [2.45, 2.75) is 31.7 Å². The summed E-state index contributed by atoms with van der Waals surface area (Å²) in [6.45, 7) is 5.22. The molecule has 0 atom stereocenters. The first-order valence-corrected chi connectivity index (χ1v) is 12.4. The van der Waals surface area contributed by atoms with Gasteiger partial charge in [0.1, 0.15) is 15.6 Å². The fourth-order valence-corrected chi connectivity index (χ4v) is 5.92. The summed E-state index contributed by atoms with van der Waals surface area (Å²) in [6.07, 6.45) is 0. The van der Waals surface area contributed by atoms with Gasteiger partial charge in [-0.1, -0.05) is 30.3 Å². The Morgan fingerprint density at radius 2 is 1.76 bits per heavy atom. The zero-order chi connectivity index (χ0) is 24.3. The summed E-state index contributed by atoms with van der Waals surface area (Å²) in [5, 5.41) is 3.01. The Bertz CT molecular complexity index is 1300. The number of aryl methyl sites for hydroxylation is 1. The molecule has 0 saturated carbocycles. The number of ether oxygens (including phenoxy) is 1. The van der Waals surface area contributed by atoms with E-state index < -0.39 is 21.8 Å². The third-order valence-corrected chi connectivity index (χ3v) is 7.43. The van der Waals surface area contributed by atoms with Crippen molar-refractivity contribution in [1.29, 1.82) is 0 Å². The number of anilines is 1. The first-order chi connectivity index (χ1) is 15.5. The Labute approximate surface area is 196 Å². The summed E-state index contributed by atoms with van der Waals surface area (Å²) in [5.41, 5.74) is 7.41. The summed E-state index contributed by atoms with van der Waals surface area (Å²) in [7, 11) is -2.57. The summed E-state index contributed by atoms with van der Waals surface area (Å²) in [5.74, 6) is -1.15. The summed E-state index contributed by atoms with van der Waals surface area (Å²) in [6, 6.07) is 13.0. The van der Waals surface area contributed by atoms with E-state index in [0.29, 0.717) is 10.6 Å². The van der Waals surface area contributed by atoms with Crippen LogP contribution in [0.1, 0.15) is 39.4 Å². The van der Waals surface area contributed by atoms with Crippen LogP contribution in [0.5, 0.6) is 5.75 Å². The van der Waals surface area contributed by atoms with Crippen molar-refractivity contribution < 1.29 is 22.7 Å². The average Bonchev–Trinajstić information content (AvgIpc) is 3.08. The number of hydrogen-bond acceptors (Lipinski definition) is 6. The first kappa shape index (κ1) is 24.4. The van der Waals surface area contributed by atoms with E-state index in [0.717, 1.165) is 10.4 Å². The van der Waals surface area contributed by atoms with Crippen molar-refractivity contribution in [1.82, 2.24) is 4.72 Å². The largest absolute Gasteiger partial charge is 0.495 e. The molecule has 0 bridgehead atoms. The number of thiophene rings is 1. The molecule has 0 saturated heterocycles. The summed E-state index contributed by atoms with van der Waals surface area (Å²) >= 11 is 1.22. The van der Waals surface area contributed by atoms with Crippen molar-refractivity contribution in [2.75, 3.05) is 12.4 Å². The predicted octanol–water partition coefficient (Wildman–Crippen LogP) is 3.77. The van der Waals surface area contributed by atoms with Gasteiger partial charge in [0.2, 0.25) is 10.0 Å². The third kappa shape index (κ3) is 5.24. The van der Waals surface area contributed by atoms with Gasteiger partial charge in [-0.2, -0.15) is 0 Å². The van der Waals surface area contributed by atoms with E-state index in [1.54, 1.807) is 13.8 Å². The highest BCUT2D eigenvalue weighted by atomic mass is 32.2. The minimum atomic E-state index is -3.92. The number of carbonyl (C=O) groups excluding carboxylic acids is 2. The number of rotatable bonds is 8. The molecule has 0 fully saturated rings. The van der Waals surface area contributed by atoms with Crippen LogP contribution in [0.2, 0.25) is 0 Å². The molecule has 33 heavy (non-hydrogen) atoms. The molecule has 0 spiro atoms. The quantitative estimate of drug-likeness (QED) is 0.446. The molecule has 3 rings (SSSR count). The zero-order valence-electron chi connectivity index (χ0n) is 18.6. The fourth-order valence-electron chi connectivity index (χ4n) is 3.40. The monoisotopic (exact) mass is 487 g/mol. The van der Waals surface area contributed by atoms with Gasteiger partial charge in [0.05, 0.1) is 12.7 Å². The number of nitrogens with two attached hydrogens (primary N) is 1. The standard InChI is InChI=1S/C23H25N3O5S2/c1-13(2)26-33(29,30)18-12-16(10-11-17(18)31-4)22(28)25-23-20(21(24)27)19(14(3)32-23)15-8-6-5-7-9-15/h5-13,26H,1-4H3,(H2,24,27)(H,25,28). The molecular formula is C23H25N3O5S2. The van der Waals surface area contributed by atoms with Crippen LogP contribution in [0.15, 0.2) is 53.4 Å². The van der Waals surface area contributed by atoms with Gasteiger partial charge in [-0.3, -0.25) is 9.59 Å². The molecule has 4 N–H and O–H groups in total. The molecule has 0 radical (unpaired) electrons. The molecule has 3 aromatic rings. The highest BCUT2D eigenvalue weighted by molar-refractivity contribution is 7.89. The van der Waals surface area contributed by atoms with Crippen LogP contribution < -0.4 is 20.5 Å². The Kier molecular flexibility index (Phi) is 7.21. The second kappa shape index (κ2) is 9.74. The van der Waals surface area contributed by atoms with Gasteiger partial charge in [-0.05, 0) is 44.5 Å². The van der Waals surface area contributed by atoms with Crippen LogP contribution in [0.4, 0.5) is 5.00 Å². The topological polar surface area (TPSA) is 128 Å². The van der Waals surface area contributed by atoms with Gasteiger partial charge in [-0.15, -0.1) is 11.3 Å². The van der Waals surface area contributed by atoms with Gasteiger partial charge in [0.15, 0.2) is 0 Å². The number of nitrogens with one attached hydrogen (secondary N) is 2. The maximum absolute atomic E-state index is 13.0. The van der Waals surface area contributed by atoms with Crippen molar-refractivity contribution in [3.8, 4) is 16.9 Å². The lowest BCUT2D eigenvalue weighted by atomic mass is 10.0. The molecular weight excluding hydrogens is 462 g/mol. The molecule has 8 nitrogen and oxygen atoms in total. The molecule has 0 aliphatic rings. The van der Waals surface area contributed by atoms with Gasteiger partial charge < -0.3 is 15.8 Å². The van der Waals surface area contributed by atoms with Gasteiger partial charge in [-0.25, -0.2) is 13.1 Å². The minimum absolute atomic E-state index is 0.0858. The highest BCUT2D eigenvalue weighted by Gasteiger charge is 2.25. The molecule has 0 aliphatic heterocycles. The zero-order valence-corrected chi connectivity index (χ0v) is 20.3. The Balaban J connectivity index is 2.02. The van der Waals surface area contributed by atoms with E-state index in [4.69, 9.17) is 10.5 Å². The fraction of sp³-hybridized carbons (Fsp3) is 0.217. The lowest BCUT2D eigenvalue weighted by molar-refractivity contribution is 0.100. The minimum Gasteiger partial charge on any atom is -0.495 e. The average molecular weight is 488 g/mol. The number of carbonyl (C=O) groups is 2. The highest BCUT2D eigenvalue weighted by Crippen LogP contribution is 2.40. The molecule has 174 valence electrons. The lowest BCUT2D eigenvalue weighted by Crippen LogP contribution is -2.30. The molecule has 2 amide bonds. The van der Waals surface area contributed by atoms with Crippen molar-refractivity contribution in [3.05, 3.63) is 64.5 Å². The van der Waals surface area contributed by atoms with Gasteiger partial charge in [0.25, 0.3) is 11.8 Å². The molecule has 0 unspecified atom stereocenters. The van der Waals surface area contributed by atoms with Gasteiger partial charge in [0, 0.05) is 22.0 Å². The van der Waals surface area contributed by atoms with E-state index in [1.165, 1.54) is 36.6 Å². The van der Waals surface area contributed by atoms with E-state index in [2.05, 4.69) is 10.0 Å². The second-order valence-corrected chi connectivity index (χ2v) is 10.5. The molecule has 10 heteroatoms. The van der Waals surface area contributed by atoms with Crippen LogP contribution in [0.3, 0.4) is 0 Å². The van der Waals surface area contributed by atoms with E-state index >= 15 is 0 Å². The van der Waals surface area contributed by atoms with Gasteiger partial charge >= 0.3 is 0 Å². The Morgan fingerprint density at radius 3 is 2.33 bits per heavy atom. The molecule has 1 heterocycles. The van der Waals surface area contributed by atoms with Crippen molar-refractivity contribution in [3.63, 3.8) is 0 Å². The normalized spacial score (nSPS) is 11.4. The summed E-state index contributed by atoms with van der Waals surface area (Å²) < 4.78 is 33.1. The molecule has 1 aromatic heterocycles. The van der Waals surface area contributed by atoms with Crippen LogP contribution in [-0.2, 0) is 10.0 Å². The number of methoxy groups -OCH3 is 1. The Morgan fingerprint density at radius 1 is 1.09 bits per heavy atom. The lowest BCUT2D eigenvalue weighted by Gasteiger charge is -2.14. The number of benzene rings is 2. The molecule has 2 aromatic carbocycles. The first-order valence-electron chi connectivity index (χ1n) is 10.1. The van der Waals surface area contributed by atoms with E-state index in [9.17, 15) is 18.0 Å². The van der Waals surface area contributed by atoms with E-state index in [-0.39, 0.29) is 27.8 Å². The SMILES string of the molecule is COc1ccc(C(=O)Nc2sc(C)c(-c3ccccc3)c2C(N)=O)cc1S(=O)(=O)NC(C)C. The maximum atomic E-state index is 13.0. The second-order valence-electron chi connectivity index (χ2n) is 7.56. The number of sulfonamides is 1.